The second-order valence-corrected chi connectivity index (χ2v) is 8.25. The molecule has 0 bridgehead atoms. The molecule has 0 aromatic carbocycles. The summed E-state index contributed by atoms with van der Waals surface area (Å²) in [5.41, 5.74) is 0.420. The zero-order valence-electron chi connectivity index (χ0n) is 15.4. The van der Waals surface area contributed by atoms with Crippen molar-refractivity contribution in [2.75, 3.05) is 19.7 Å². The maximum absolute atomic E-state index is 6.33. The molecule has 1 heterocycles. The van der Waals surface area contributed by atoms with Gasteiger partial charge in [-0.25, -0.2) is 0 Å². The molecule has 1 saturated heterocycles. The van der Waals surface area contributed by atoms with Crippen molar-refractivity contribution < 1.29 is 9.47 Å². The third-order valence-corrected chi connectivity index (χ3v) is 6.27. The molecule has 0 radical (unpaired) electrons. The molecule has 1 aliphatic carbocycles. The van der Waals surface area contributed by atoms with E-state index in [1.54, 1.807) is 0 Å². The molecule has 1 spiro atoms. The fraction of sp³-hybridized carbons (Fsp3) is 1.00. The summed E-state index contributed by atoms with van der Waals surface area (Å²) in [6.45, 7) is 14.7. The Kier molecular flexibility index (Phi) is 6.32. The van der Waals surface area contributed by atoms with Gasteiger partial charge in [0.25, 0.3) is 0 Å². The molecule has 0 aromatic rings. The highest BCUT2D eigenvalue weighted by Gasteiger charge is 2.46. The van der Waals surface area contributed by atoms with E-state index in [1.807, 2.05) is 0 Å². The molecule has 1 atom stereocenters. The minimum atomic E-state index is -0.251. The van der Waals surface area contributed by atoms with Crippen molar-refractivity contribution in [1.29, 1.82) is 0 Å². The first kappa shape index (κ1) is 18.2. The number of ether oxygens (including phenoxy) is 2. The van der Waals surface area contributed by atoms with Crippen LogP contribution in [-0.2, 0) is 9.47 Å². The lowest BCUT2D eigenvalue weighted by molar-refractivity contribution is -0.198. The fourth-order valence-electron chi connectivity index (χ4n) is 3.86. The topological polar surface area (TPSA) is 30.5 Å². The van der Waals surface area contributed by atoms with Crippen LogP contribution in [0.5, 0.6) is 0 Å². The van der Waals surface area contributed by atoms with Crippen LogP contribution in [0.2, 0.25) is 0 Å². The highest BCUT2D eigenvalue weighted by Crippen LogP contribution is 2.48. The average molecular weight is 312 g/mol. The number of hydrogen-bond acceptors (Lipinski definition) is 3. The molecule has 2 fully saturated rings. The Morgan fingerprint density at radius 2 is 1.86 bits per heavy atom. The van der Waals surface area contributed by atoms with Gasteiger partial charge in [0.1, 0.15) is 0 Å². The van der Waals surface area contributed by atoms with Gasteiger partial charge in [-0.3, -0.25) is 0 Å². The highest BCUT2D eigenvalue weighted by atomic mass is 16.7. The van der Waals surface area contributed by atoms with Crippen LogP contribution < -0.4 is 5.32 Å². The largest absolute Gasteiger partial charge is 0.347 e. The zero-order chi connectivity index (χ0) is 16.2. The van der Waals surface area contributed by atoms with Crippen molar-refractivity contribution in [3.63, 3.8) is 0 Å². The molecule has 0 amide bonds. The first-order valence-electron chi connectivity index (χ1n) is 9.42. The quantitative estimate of drug-likeness (QED) is 0.709. The Morgan fingerprint density at radius 3 is 2.45 bits per heavy atom. The lowest BCUT2D eigenvalue weighted by atomic mass is 9.64. The van der Waals surface area contributed by atoms with Gasteiger partial charge in [-0.2, -0.15) is 0 Å². The number of nitrogens with one attached hydrogen (secondary N) is 1. The van der Waals surface area contributed by atoms with Crippen LogP contribution >= 0.6 is 0 Å². The minimum Gasteiger partial charge on any atom is -0.347 e. The van der Waals surface area contributed by atoms with Gasteiger partial charge in [-0.15, -0.1) is 0 Å². The second-order valence-electron chi connectivity index (χ2n) is 8.25. The summed E-state index contributed by atoms with van der Waals surface area (Å²) in [6, 6.07) is 0. The molecular formula is C19H37NO2. The van der Waals surface area contributed by atoms with Gasteiger partial charge in [-0.1, -0.05) is 34.6 Å². The summed E-state index contributed by atoms with van der Waals surface area (Å²) in [4.78, 5) is 0. The van der Waals surface area contributed by atoms with Gasteiger partial charge in [0.2, 0.25) is 0 Å². The summed E-state index contributed by atoms with van der Waals surface area (Å²) in [7, 11) is 0. The first-order chi connectivity index (χ1) is 10.4. The van der Waals surface area contributed by atoms with Gasteiger partial charge in [0, 0.05) is 12.8 Å². The van der Waals surface area contributed by atoms with E-state index in [4.69, 9.17) is 9.47 Å². The number of hydrogen-bond donors (Lipinski definition) is 1. The van der Waals surface area contributed by atoms with Gasteiger partial charge >= 0.3 is 0 Å². The molecule has 0 aromatic heterocycles. The Labute approximate surface area is 137 Å². The smallest absolute Gasteiger partial charge is 0.168 e. The second kappa shape index (κ2) is 7.63. The van der Waals surface area contributed by atoms with E-state index in [-0.39, 0.29) is 5.79 Å². The lowest BCUT2D eigenvalue weighted by Gasteiger charge is -2.44. The maximum atomic E-state index is 6.33. The molecule has 2 aliphatic rings. The molecular weight excluding hydrogens is 274 g/mol. The molecule has 1 saturated carbocycles. The van der Waals surface area contributed by atoms with Crippen LogP contribution in [0.15, 0.2) is 0 Å². The van der Waals surface area contributed by atoms with Crippen molar-refractivity contribution in [3.05, 3.63) is 0 Å². The molecule has 22 heavy (non-hydrogen) atoms. The number of rotatable bonds is 7. The Morgan fingerprint density at radius 1 is 1.18 bits per heavy atom. The molecule has 130 valence electrons. The predicted octanol–water partition coefficient (Wildman–Crippen LogP) is 4.36. The van der Waals surface area contributed by atoms with Crippen LogP contribution in [0.4, 0.5) is 0 Å². The van der Waals surface area contributed by atoms with Crippen LogP contribution in [0.3, 0.4) is 0 Å². The van der Waals surface area contributed by atoms with Crippen molar-refractivity contribution in [2.24, 2.45) is 17.3 Å². The molecule has 1 aliphatic heterocycles. The van der Waals surface area contributed by atoms with Crippen LogP contribution in [0.1, 0.15) is 73.1 Å². The van der Waals surface area contributed by atoms with E-state index in [1.165, 1.54) is 19.3 Å². The standard InChI is InChI=1S/C19H37NO2/c1-6-12-20-13-9-17-14-21-19(22-17)10-7-16(8-11-19)18(4,5)15(2)3/h15-17,20H,6-14H2,1-5H3. The Bertz CT molecular complexity index is 332. The lowest BCUT2D eigenvalue weighted by Crippen LogP contribution is -2.41. The summed E-state index contributed by atoms with van der Waals surface area (Å²) in [5.74, 6) is 1.28. The zero-order valence-corrected chi connectivity index (χ0v) is 15.4. The normalized spacial score (nSPS) is 33.0. The first-order valence-corrected chi connectivity index (χ1v) is 9.42. The Hall–Kier alpha value is -0.120. The van der Waals surface area contributed by atoms with E-state index >= 15 is 0 Å². The molecule has 3 heteroatoms. The monoisotopic (exact) mass is 311 g/mol. The minimum absolute atomic E-state index is 0.251. The third kappa shape index (κ3) is 4.24. The summed E-state index contributed by atoms with van der Waals surface area (Å²) in [5, 5.41) is 3.46. The fourth-order valence-corrected chi connectivity index (χ4v) is 3.86. The van der Waals surface area contributed by atoms with E-state index < -0.39 is 0 Å². The third-order valence-electron chi connectivity index (χ3n) is 6.27. The molecule has 1 N–H and O–H groups in total. The maximum Gasteiger partial charge on any atom is 0.168 e. The average Bonchev–Trinajstić information content (AvgIpc) is 2.87. The highest BCUT2D eigenvalue weighted by molar-refractivity contribution is 4.91. The van der Waals surface area contributed by atoms with Gasteiger partial charge in [-0.05, 0) is 56.0 Å². The molecule has 3 nitrogen and oxygen atoms in total. The van der Waals surface area contributed by atoms with Gasteiger partial charge < -0.3 is 14.8 Å². The summed E-state index contributed by atoms with van der Waals surface area (Å²) >= 11 is 0. The van der Waals surface area contributed by atoms with E-state index in [0.717, 1.165) is 50.8 Å². The molecule has 2 rings (SSSR count). The molecule has 1 unspecified atom stereocenters. The van der Waals surface area contributed by atoms with E-state index in [0.29, 0.717) is 11.5 Å². The predicted molar refractivity (Wildman–Crippen MR) is 91.9 cm³/mol. The van der Waals surface area contributed by atoms with Crippen LogP contribution in [0.25, 0.3) is 0 Å². The Balaban J connectivity index is 1.77. The SMILES string of the molecule is CCCNCCC1COC2(CCC(C(C)(C)C(C)C)CC2)O1. The summed E-state index contributed by atoms with van der Waals surface area (Å²) in [6.07, 6.45) is 7.19. The van der Waals surface area contributed by atoms with Crippen LogP contribution in [0, 0.1) is 17.3 Å². The van der Waals surface area contributed by atoms with Gasteiger partial charge in [0.05, 0.1) is 12.7 Å². The van der Waals surface area contributed by atoms with Crippen molar-refractivity contribution in [1.82, 2.24) is 5.32 Å². The van der Waals surface area contributed by atoms with Crippen molar-refractivity contribution in [3.8, 4) is 0 Å². The van der Waals surface area contributed by atoms with E-state index in [9.17, 15) is 0 Å². The van der Waals surface area contributed by atoms with Crippen LogP contribution in [-0.4, -0.2) is 31.6 Å². The van der Waals surface area contributed by atoms with E-state index in [2.05, 4.69) is 39.9 Å². The van der Waals surface area contributed by atoms with Crippen molar-refractivity contribution in [2.45, 2.75) is 85.0 Å². The van der Waals surface area contributed by atoms with Crippen molar-refractivity contribution >= 4 is 0 Å². The summed E-state index contributed by atoms with van der Waals surface area (Å²) < 4.78 is 12.5. The van der Waals surface area contributed by atoms with Gasteiger partial charge in [0.15, 0.2) is 5.79 Å².